The van der Waals surface area contributed by atoms with Gasteiger partial charge in [0.25, 0.3) is 0 Å². The fourth-order valence-corrected chi connectivity index (χ4v) is 7.02. The number of benzene rings is 2. The van der Waals surface area contributed by atoms with Crippen molar-refractivity contribution >= 4 is 35.3 Å². The van der Waals surface area contributed by atoms with Crippen molar-refractivity contribution in [1.29, 1.82) is 0 Å². The fourth-order valence-electron chi connectivity index (χ4n) is 5.12. The smallest absolute Gasteiger partial charge is 0.00298 e. The van der Waals surface area contributed by atoms with Crippen LogP contribution in [-0.4, -0.2) is 35.5 Å². The summed E-state index contributed by atoms with van der Waals surface area (Å²) >= 11 is 6.07. The van der Waals surface area contributed by atoms with E-state index in [0.717, 1.165) is 0 Å². The van der Waals surface area contributed by atoms with Crippen molar-refractivity contribution in [2.24, 2.45) is 0 Å². The third kappa shape index (κ3) is 19.3. The molecule has 0 spiro atoms. The van der Waals surface area contributed by atoms with Crippen LogP contribution in [0.15, 0.2) is 48.5 Å². The second-order valence-corrected chi connectivity index (χ2v) is 14.4. The zero-order valence-electron chi connectivity index (χ0n) is 25.4. The van der Waals surface area contributed by atoms with Crippen molar-refractivity contribution in [1.82, 2.24) is 0 Å². The normalized spacial score (nSPS) is 11.3. The van der Waals surface area contributed by atoms with Crippen molar-refractivity contribution < 1.29 is 0 Å². The van der Waals surface area contributed by atoms with Crippen LogP contribution < -0.4 is 0 Å². The van der Waals surface area contributed by atoms with Gasteiger partial charge in [0, 0.05) is 0 Å². The first-order chi connectivity index (χ1) is 19.3. The molecule has 0 bridgehead atoms. The molecular formula is C36H58S3. The summed E-state index contributed by atoms with van der Waals surface area (Å²) in [6.07, 6.45) is 29.1. The van der Waals surface area contributed by atoms with Gasteiger partial charge in [0.15, 0.2) is 0 Å². The molecule has 0 atom stereocenters. The highest BCUT2D eigenvalue weighted by Crippen LogP contribution is 2.16. The summed E-state index contributed by atoms with van der Waals surface area (Å²) in [6.45, 7) is 0. The van der Waals surface area contributed by atoms with Crippen LogP contribution in [0, 0.1) is 0 Å². The van der Waals surface area contributed by atoms with E-state index in [9.17, 15) is 0 Å². The maximum atomic E-state index is 2.35. The van der Waals surface area contributed by atoms with E-state index in [1.54, 1.807) is 0 Å². The van der Waals surface area contributed by atoms with Crippen LogP contribution in [0.4, 0.5) is 0 Å². The minimum Gasteiger partial charge on any atom is -0.165 e. The van der Waals surface area contributed by atoms with E-state index >= 15 is 0 Å². The molecule has 2 aromatic carbocycles. The molecule has 0 unspecified atom stereocenters. The molecule has 0 saturated carbocycles. The Bertz CT molecular complexity index is 716. The maximum Gasteiger partial charge on any atom is -0.00298 e. The molecule has 0 aliphatic carbocycles. The number of unbranched alkanes of at least 4 members (excludes halogenated alkanes) is 12. The topological polar surface area (TPSA) is 0 Å². The molecule has 2 rings (SSSR count). The molecular weight excluding hydrogens is 529 g/mol. The minimum absolute atomic E-state index is 1.20. The largest absolute Gasteiger partial charge is 0.165 e. The summed E-state index contributed by atoms with van der Waals surface area (Å²) in [5.74, 6) is 5.22. The Hall–Kier alpha value is -0.510. The molecule has 0 heterocycles. The van der Waals surface area contributed by atoms with Crippen molar-refractivity contribution in [3.8, 4) is 0 Å². The first-order valence-corrected chi connectivity index (χ1v) is 20.0. The highest BCUT2D eigenvalue weighted by Gasteiger charge is 1.99. The predicted octanol–water partition coefficient (Wildman–Crippen LogP) is 11.5. The molecule has 0 aliphatic heterocycles. The molecule has 0 aromatic heterocycles. The minimum atomic E-state index is 1.20. The molecule has 0 radical (unpaired) electrons. The van der Waals surface area contributed by atoms with Gasteiger partial charge in [-0.05, 0) is 109 Å². The van der Waals surface area contributed by atoms with Gasteiger partial charge in [0.2, 0.25) is 0 Å². The summed E-state index contributed by atoms with van der Waals surface area (Å²) in [5.41, 5.74) is 6.02. The number of aryl methyl sites for hydroxylation is 4. The van der Waals surface area contributed by atoms with Gasteiger partial charge in [-0.3, -0.25) is 0 Å². The van der Waals surface area contributed by atoms with Crippen molar-refractivity contribution in [2.45, 2.75) is 116 Å². The van der Waals surface area contributed by atoms with Crippen LogP contribution in [0.3, 0.4) is 0 Å². The molecule has 0 fully saturated rings. The monoisotopic (exact) mass is 586 g/mol. The van der Waals surface area contributed by atoms with E-state index in [0.29, 0.717) is 0 Å². The summed E-state index contributed by atoms with van der Waals surface area (Å²) in [7, 11) is 0. The van der Waals surface area contributed by atoms with E-state index in [1.165, 1.54) is 161 Å². The van der Waals surface area contributed by atoms with Crippen LogP contribution in [0.2, 0.25) is 0 Å². The summed E-state index contributed by atoms with van der Waals surface area (Å²) < 4.78 is 0. The van der Waals surface area contributed by atoms with Crippen LogP contribution in [0.25, 0.3) is 0 Å². The average Bonchev–Trinajstić information content (AvgIpc) is 2.97. The Kier molecular flexibility index (Phi) is 22.4. The Morgan fingerprint density at radius 3 is 0.949 bits per heavy atom. The predicted molar refractivity (Wildman–Crippen MR) is 186 cm³/mol. The standard InChI is InChI=1S/C36H58S3/c1-37-31-27-35-23-19-33(20-24-35)17-13-9-5-3-7-11-15-29-39-30-16-12-8-4-6-10-14-18-34-21-25-36(26-22-34)28-32-38-2/h19-26H,3-18,27-32H2,1-2H3. The quantitative estimate of drug-likeness (QED) is 0.101. The average molecular weight is 587 g/mol. The number of hydrogen-bond donors (Lipinski definition) is 0. The molecule has 220 valence electrons. The molecule has 0 nitrogen and oxygen atoms in total. The highest BCUT2D eigenvalue weighted by molar-refractivity contribution is 7.99. The van der Waals surface area contributed by atoms with E-state index in [-0.39, 0.29) is 0 Å². The molecule has 0 amide bonds. The summed E-state index contributed by atoms with van der Waals surface area (Å²) in [4.78, 5) is 0. The number of thioether (sulfide) groups is 3. The summed E-state index contributed by atoms with van der Waals surface area (Å²) in [5, 5.41) is 0. The third-order valence-electron chi connectivity index (χ3n) is 7.74. The fraction of sp³-hybridized carbons (Fsp3) is 0.667. The zero-order valence-corrected chi connectivity index (χ0v) is 27.8. The third-order valence-corrected chi connectivity index (χ3v) is 10.1. The highest BCUT2D eigenvalue weighted by atomic mass is 32.2. The molecule has 0 N–H and O–H groups in total. The SMILES string of the molecule is CSCCc1ccc(CCCCCCCCCSCCCCCCCCCc2ccc(CCSC)cc2)cc1. The van der Waals surface area contributed by atoms with Crippen molar-refractivity contribution in [3.63, 3.8) is 0 Å². The van der Waals surface area contributed by atoms with Crippen LogP contribution in [0.1, 0.15) is 112 Å². The van der Waals surface area contributed by atoms with E-state index < -0.39 is 0 Å². The van der Waals surface area contributed by atoms with Gasteiger partial charge in [0.05, 0.1) is 0 Å². The van der Waals surface area contributed by atoms with E-state index in [2.05, 4.69) is 72.8 Å². The molecule has 3 heteroatoms. The second-order valence-electron chi connectivity index (χ2n) is 11.2. The number of hydrogen-bond acceptors (Lipinski definition) is 3. The van der Waals surface area contributed by atoms with E-state index in [1.807, 2.05) is 23.5 Å². The van der Waals surface area contributed by atoms with E-state index in [4.69, 9.17) is 0 Å². The lowest BCUT2D eigenvalue weighted by Crippen LogP contribution is -1.91. The van der Waals surface area contributed by atoms with Gasteiger partial charge in [-0.25, -0.2) is 0 Å². The Morgan fingerprint density at radius 2 is 0.615 bits per heavy atom. The van der Waals surface area contributed by atoms with Gasteiger partial charge in [-0.15, -0.1) is 0 Å². The second kappa shape index (κ2) is 25.2. The van der Waals surface area contributed by atoms with Crippen LogP contribution in [0.5, 0.6) is 0 Å². The molecule has 0 aliphatic rings. The van der Waals surface area contributed by atoms with Gasteiger partial charge >= 0.3 is 0 Å². The summed E-state index contributed by atoms with van der Waals surface area (Å²) in [6, 6.07) is 18.7. The van der Waals surface area contributed by atoms with Gasteiger partial charge in [-0.1, -0.05) is 113 Å². The Labute approximate surface area is 256 Å². The molecule has 0 saturated heterocycles. The molecule has 2 aromatic rings. The lowest BCUT2D eigenvalue weighted by atomic mass is 10.0. The Balaban J connectivity index is 1.26. The molecule has 39 heavy (non-hydrogen) atoms. The van der Waals surface area contributed by atoms with Crippen LogP contribution >= 0.6 is 35.3 Å². The number of rotatable bonds is 26. The van der Waals surface area contributed by atoms with Gasteiger partial charge in [-0.2, -0.15) is 35.3 Å². The van der Waals surface area contributed by atoms with Crippen molar-refractivity contribution in [2.75, 3.05) is 35.5 Å². The zero-order chi connectivity index (χ0) is 27.6. The first-order valence-electron chi connectivity index (χ1n) is 16.0. The van der Waals surface area contributed by atoms with Gasteiger partial charge < -0.3 is 0 Å². The maximum absolute atomic E-state index is 2.35. The first kappa shape index (κ1) is 34.7. The van der Waals surface area contributed by atoms with Gasteiger partial charge in [0.1, 0.15) is 0 Å². The lowest BCUT2D eigenvalue weighted by molar-refractivity contribution is 0.589. The van der Waals surface area contributed by atoms with Crippen molar-refractivity contribution in [3.05, 3.63) is 70.8 Å². The Morgan fingerprint density at radius 1 is 0.333 bits per heavy atom. The van der Waals surface area contributed by atoms with Crippen LogP contribution in [-0.2, 0) is 25.7 Å². The lowest BCUT2D eigenvalue weighted by Gasteiger charge is -2.05.